The minimum Gasteiger partial charge on any atom is -0.497 e. The Labute approximate surface area is 183 Å². The number of methoxy groups -OCH3 is 1. The van der Waals surface area contributed by atoms with E-state index in [2.05, 4.69) is 10.6 Å². The molecule has 0 aliphatic carbocycles. The number of carbonyl (C=O) groups excluding carboxylic acids is 1. The normalized spacial score (nSPS) is 14.9. The molecule has 0 radical (unpaired) electrons. The summed E-state index contributed by atoms with van der Waals surface area (Å²) in [6.45, 7) is 4.85. The molecule has 0 atom stereocenters. The molecule has 0 bridgehead atoms. The molecule has 1 fully saturated rings. The third-order valence-electron chi connectivity index (χ3n) is 5.18. The van der Waals surface area contributed by atoms with Gasteiger partial charge in [0.15, 0.2) is 5.96 Å². The summed E-state index contributed by atoms with van der Waals surface area (Å²) in [5.41, 5.74) is 1.10. The Kier molecular flexibility index (Phi) is 8.63. The maximum atomic E-state index is 11.9. The first-order valence-electron chi connectivity index (χ1n) is 10.8. The number of rotatable bonds is 8. The van der Waals surface area contributed by atoms with Crippen LogP contribution in [-0.4, -0.2) is 56.3 Å². The number of amides is 1. The van der Waals surface area contributed by atoms with Gasteiger partial charge in [0, 0.05) is 32.1 Å². The summed E-state index contributed by atoms with van der Waals surface area (Å²) in [7, 11) is 1.66. The Morgan fingerprint density at radius 1 is 1.23 bits per heavy atom. The number of benzene rings is 1. The quantitative estimate of drug-likeness (QED) is 0.496. The third-order valence-corrected chi connectivity index (χ3v) is 5.18. The summed E-state index contributed by atoms with van der Waals surface area (Å²) in [6, 6.07) is 12.0. The van der Waals surface area contributed by atoms with Crippen molar-refractivity contribution in [1.82, 2.24) is 15.5 Å². The molecular formula is C23H32N4O4. The lowest BCUT2D eigenvalue weighted by Gasteiger charge is -2.32. The van der Waals surface area contributed by atoms with Gasteiger partial charge in [0.25, 0.3) is 0 Å². The number of carbonyl (C=O) groups is 1. The van der Waals surface area contributed by atoms with Crippen molar-refractivity contribution in [3.8, 4) is 5.75 Å². The van der Waals surface area contributed by atoms with Crippen molar-refractivity contribution in [2.45, 2.75) is 38.8 Å². The standard InChI is InChI=1S/C23H32N4O4/c1-3-30-23(28)27-14-11-19(12-15-27)26-22(24-13-10-21-5-4-16-31-21)25-17-18-6-8-20(29-2)9-7-18/h4-9,16,19H,3,10-15,17H2,1-2H3,(H2,24,25,26). The molecule has 1 aromatic carbocycles. The number of hydrogen-bond acceptors (Lipinski definition) is 5. The van der Waals surface area contributed by atoms with E-state index in [1.54, 1.807) is 18.3 Å². The van der Waals surface area contributed by atoms with Crippen molar-refractivity contribution in [3.63, 3.8) is 0 Å². The molecule has 2 aromatic rings. The van der Waals surface area contributed by atoms with E-state index in [4.69, 9.17) is 18.9 Å². The van der Waals surface area contributed by atoms with Crippen LogP contribution in [0, 0.1) is 0 Å². The molecule has 2 N–H and O–H groups in total. The second-order valence-corrected chi connectivity index (χ2v) is 7.37. The van der Waals surface area contributed by atoms with Crippen LogP contribution in [0.2, 0.25) is 0 Å². The van der Waals surface area contributed by atoms with Gasteiger partial charge in [0.1, 0.15) is 11.5 Å². The average molecular weight is 429 g/mol. The van der Waals surface area contributed by atoms with Gasteiger partial charge in [-0.2, -0.15) is 0 Å². The Morgan fingerprint density at radius 3 is 2.65 bits per heavy atom. The molecule has 1 aliphatic heterocycles. The van der Waals surface area contributed by atoms with Crippen LogP contribution in [-0.2, 0) is 17.7 Å². The number of ether oxygens (including phenoxy) is 2. The van der Waals surface area contributed by atoms with Crippen LogP contribution in [0.1, 0.15) is 31.1 Å². The number of likely N-dealkylation sites (tertiary alicyclic amines) is 1. The fraction of sp³-hybridized carbons (Fsp3) is 0.478. The molecule has 8 heteroatoms. The number of nitrogens with one attached hydrogen (secondary N) is 2. The lowest BCUT2D eigenvalue weighted by molar-refractivity contribution is 0.0963. The highest BCUT2D eigenvalue weighted by molar-refractivity contribution is 5.80. The van der Waals surface area contributed by atoms with Crippen LogP contribution in [0.25, 0.3) is 0 Å². The van der Waals surface area contributed by atoms with Crippen molar-refractivity contribution in [2.24, 2.45) is 4.99 Å². The van der Waals surface area contributed by atoms with Gasteiger partial charge in [-0.1, -0.05) is 12.1 Å². The van der Waals surface area contributed by atoms with Crippen LogP contribution in [0.3, 0.4) is 0 Å². The zero-order valence-electron chi connectivity index (χ0n) is 18.3. The summed E-state index contributed by atoms with van der Waals surface area (Å²) in [4.78, 5) is 18.4. The molecule has 2 heterocycles. The van der Waals surface area contributed by atoms with Gasteiger partial charge >= 0.3 is 6.09 Å². The second kappa shape index (κ2) is 11.9. The van der Waals surface area contributed by atoms with Crippen LogP contribution in [0.4, 0.5) is 4.79 Å². The first-order valence-corrected chi connectivity index (χ1v) is 10.8. The van der Waals surface area contributed by atoms with E-state index in [-0.39, 0.29) is 12.1 Å². The number of aliphatic imine (C=N–C) groups is 1. The second-order valence-electron chi connectivity index (χ2n) is 7.37. The van der Waals surface area contributed by atoms with E-state index >= 15 is 0 Å². The molecule has 1 aromatic heterocycles. The molecule has 3 rings (SSSR count). The van der Waals surface area contributed by atoms with Crippen LogP contribution < -0.4 is 15.4 Å². The maximum absolute atomic E-state index is 11.9. The predicted octanol–water partition coefficient (Wildman–Crippen LogP) is 3.19. The summed E-state index contributed by atoms with van der Waals surface area (Å²) >= 11 is 0. The zero-order chi connectivity index (χ0) is 21.9. The lowest BCUT2D eigenvalue weighted by atomic mass is 10.1. The largest absolute Gasteiger partial charge is 0.497 e. The van der Waals surface area contributed by atoms with E-state index in [9.17, 15) is 4.79 Å². The Balaban J connectivity index is 1.56. The minimum atomic E-state index is -0.231. The van der Waals surface area contributed by atoms with Crippen LogP contribution in [0.15, 0.2) is 52.1 Å². The number of furan rings is 1. The summed E-state index contributed by atoms with van der Waals surface area (Å²) in [5, 5.41) is 6.93. The number of piperidine rings is 1. The molecular weight excluding hydrogens is 396 g/mol. The fourth-order valence-electron chi connectivity index (χ4n) is 3.43. The van der Waals surface area contributed by atoms with Crippen molar-refractivity contribution >= 4 is 12.1 Å². The van der Waals surface area contributed by atoms with Crippen LogP contribution in [0.5, 0.6) is 5.75 Å². The molecule has 1 saturated heterocycles. The number of nitrogens with zero attached hydrogens (tertiary/aromatic N) is 2. The lowest BCUT2D eigenvalue weighted by Crippen LogP contribution is -2.50. The van der Waals surface area contributed by atoms with Gasteiger partial charge in [-0.25, -0.2) is 9.79 Å². The average Bonchev–Trinajstić information content (AvgIpc) is 3.32. The first kappa shape index (κ1) is 22.5. The molecule has 31 heavy (non-hydrogen) atoms. The van der Waals surface area contributed by atoms with Gasteiger partial charge < -0.3 is 29.4 Å². The van der Waals surface area contributed by atoms with Gasteiger partial charge in [0.05, 0.1) is 26.5 Å². The van der Waals surface area contributed by atoms with Crippen molar-refractivity contribution in [1.29, 1.82) is 0 Å². The van der Waals surface area contributed by atoms with Crippen molar-refractivity contribution < 1.29 is 18.7 Å². The van der Waals surface area contributed by atoms with E-state index in [0.29, 0.717) is 32.8 Å². The highest BCUT2D eigenvalue weighted by Crippen LogP contribution is 2.13. The van der Waals surface area contributed by atoms with E-state index < -0.39 is 0 Å². The smallest absolute Gasteiger partial charge is 0.409 e. The highest BCUT2D eigenvalue weighted by atomic mass is 16.6. The summed E-state index contributed by atoms with van der Waals surface area (Å²) in [5.74, 6) is 2.53. The summed E-state index contributed by atoms with van der Waals surface area (Å²) < 4.78 is 15.7. The monoisotopic (exact) mass is 428 g/mol. The number of guanidine groups is 1. The Bertz CT molecular complexity index is 813. The molecule has 0 spiro atoms. The van der Waals surface area contributed by atoms with Gasteiger partial charge in [-0.15, -0.1) is 0 Å². The summed E-state index contributed by atoms with van der Waals surface area (Å²) in [6.07, 6.45) is 3.92. The Hall–Kier alpha value is -3.16. The van der Waals surface area contributed by atoms with Gasteiger partial charge in [0.2, 0.25) is 0 Å². The van der Waals surface area contributed by atoms with Crippen molar-refractivity contribution in [2.75, 3.05) is 33.4 Å². The number of hydrogen-bond donors (Lipinski definition) is 2. The van der Waals surface area contributed by atoms with E-state index in [1.807, 2.05) is 43.3 Å². The molecule has 8 nitrogen and oxygen atoms in total. The SMILES string of the molecule is CCOC(=O)N1CCC(NC(=NCc2ccc(OC)cc2)NCCc2ccco2)CC1. The highest BCUT2D eigenvalue weighted by Gasteiger charge is 2.24. The minimum absolute atomic E-state index is 0.231. The Morgan fingerprint density at radius 2 is 2.00 bits per heavy atom. The van der Waals surface area contributed by atoms with E-state index in [1.165, 1.54) is 0 Å². The fourth-order valence-corrected chi connectivity index (χ4v) is 3.43. The first-order chi connectivity index (χ1) is 15.2. The van der Waals surface area contributed by atoms with Crippen molar-refractivity contribution in [3.05, 3.63) is 54.0 Å². The maximum Gasteiger partial charge on any atom is 0.409 e. The topological polar surface area (TPSA) is 88.3 Å². The zero-order valence-corrected chi connectivity index (χ0v) is 18.3. The molecule has 0 saturated carbocycles. The molecule has 0 unspecified atom stereocenters. The third kappa shape index (κ3) is 7.24. The predicted molar refractivity (Wildman–Crippen MR) is 119 cm³/mol. The van der Waals surface area contributed by atoms with Gasteiger partial charge in [-0.05, 0) is 49.6 Å². The van der Waals surface area contributed by atoms with Gasteiger partial charge in [-0.3, -0.25) is 0 Å². The van der Waals surface area contributed by atoms with Crippen LogP contribution >= 0.6 is 0 Å². The molecule has 168 valence electrons. The van der Waals surface area contributed by atoms with E-state index in [0.717, 1.165) is 42.3 Å². The molecule has 1 amide bonds. The molecule has 1 aliphatic rings.